The van der Waals surface area contributed by atoms with Gasteiger partial charge in [-0.05, 0) is 60.7 Å². The molecule has 2 aliphatic heterocycles. The maximum Gasteiger partial charge on any atom is 0.416 e. The van der Waals surface area contributed by atoms with Gasteiger partial charge in [-0.3, -0.25) is 19.8 Å². The van der Waals surface area contributed by atoms with Crippen LogP contribution < -0.4 is 36.3 Å². The fourth-order valence-corrected chi connectivity index (χ4v) is 6.20. The Morgan fingerprint density at radius 1 is 0.623 bits per heavy atom. The largest absolute Gasteiger partial charge is 0.416 e. The van der Waals surface area contributed by atoms with Crippen molar-refractivity contribution in [2.24, 2.45) is 10.9 Å². The van der Waals surface area contributed by atoms with Gasteiger partial charge in [-0.25, -0.2) is 29.6 Å². The van der Waals surface area contributed by atoms with Gasteiger partial charge in [0, 0.05) is 51.6 Å². The van der Waals surface area contributed by atoms with Gasteiger partial charge in [0.15, 0.2) is 29.6 Å². The molecule has 2 fully saturated rings. The Morgan fingerprint density at radius 3 is 1.49 bits per heavy atom. The number of alkyl halides is 6. The summed E-state index contributed by atoms with van der Waals surface area (Å²) >= 11 is 0. The lowest BCUT2D eigenvalue weighted by Crippen LogP contribution is -2.38. The van der Waals surface area contributed by atoms with Gasteiger partial charge in [0.2, 0.25) is 11.9 Å². The highest BCUT2D eigenvalue weighted by molar-refractivity contribution is 5.78. The quantitative estimate of drug-likeness (QED) is 0.0380. The standard InChI is InChI=1S/C22H21F4N7O.C13H9F3N2O.C9H14FN5O/c1-32(21-28-14-19(23)20(31-21)33-7-9-34-10-8-33)29-13-17-5-6-18(12-27-17)30-16-4-2-3-15(11-16)22(24,25)26;14-13(15,16)9-2-1-3-10(6-9)18-11-4-5-12(8-19)17-7-11;1-14(11)9-12-6-7(10)8(13-9)15-2-4-16-5-3-15/h2-6,11-14,30H,7-10H2,1H3;1-8,18H;6H,2-5,11H2,1H3/b29-13+;;. The van der Waals surface area contributed by atoms with Crippen LogP contribution in [-0.4, -0.2) is 109 Å². The van der Waals surface area contributed by atoms with Gasteiger partial charge in [-0.1, -0.05) is 12.1 Å². The summed E-state index contributed by atoms with van der Waals surface area (Å²) < 4.78 is 114. The SMILES string of the molecule is CN(/N=C/c1ccc(Nc2cccc(C(F)(F)F)c2)cn1)c1ncc(F)c(N2CCOCC2)n1.CN(N)c1ncc(F)c(N2CCOCC2)n1.O=Cc1ccc(Nc2cccc(C(F)(F)F)c2)cn1. The summed E-state index contributed by atoms with van der Waals surface area (Å²) in [7, 11) is 3.23. The van der Waals surface area contributed by atoms with E-state index in [-0.39, 0.29) is 23.3 Å². The van der Waals surface area contributed by atoms with Crippen molar-refractivity contribution in [3.63, 3.8) is 0 Å². The fraction of sp³-hybridized carbons (Fsp3) is 0.273. The second-order valence-electron chi connectivity index (χ2n) is 14.7. The Balaban J connectivity index is 0.000000188. The lowest BCUT2D eigenvalue weighted by Gasteiger charge is -2.28. The van der Waals surface area contributed by atoms with E-state index in [0.29, 0.717) is 93.3 Å². The highest BCUT2D eigenvalue weighted by atomic mass is 19.4. The number of hydrazine groups is 1. The number of benzene rings is 2. The van der Waals surface area contributed by atoms with E-state index in [9.17, 15) is 39.9 Å². The first-order valence-corrected chi connectivity index (χ1v) is 20.7. The van der Waals surface area contributed by atoms with Gasteiger partial charge in [0.25, 0.3) is 0 Å². The van der Waals surface area contributed by atoms with Crippen molar-refractivity contribution >= 4 is 58.8 Å². The fourth-order valence-electron chi connectivity index (χ4n) is 6.20. The lowest BCUT2D eigenvalue weighted by molar-refractivity contribution is -0.138. The van der Waals surface area contributed by atoms with E-state index in [1.165, 1.54) is 59.0 Å². The Labute approximate surface area is 389 Å². The van der Waals surface area contributed by atoms with E-state index >= 15 is 0 Å². The van der Waals surface area contributed by atoms with Crippen molar-refractivity contribution in [1.29, 1.82) is 0 Å². The van der Waals surface area contributed by atoms with Crippen LogP contribution in [0.3, 0.4) is 0 Å². The molecular weight excluding hydrogens is 925 g/mol. The molecule has 0 unspecified atom stereocenters. The normalized spacial score (nSPS) is 14.0. The van der Waals surface area contributed by atoms with Crippen molar-refractivity contribution in [2.45, 2.75) is 12.4 Å². The van der Waals surface area contributed by atoms with Crippen LogP contribution in [0.4, 0.5) is 81.4 Å². The molecule has 364 valence electrons. The number of hydrazone groups is 1. The number of anilines is 8. The number of ether oxygens (including phenoxy) is 2. The molecule has 25 heteroatoms. The molecular formula is C44H44F8N14O3. The topological polar surface area (TPSA) is 188 Å². The molecule has 4 N–H and O–H groups in total. The number of nitrogens with zero attached hydrogens (tertiary/aromatic N) is 11. The maximum absolute atomic E-state index is 14.2. The average molecular weight is 969 g/mol. The number of carbonyl (C=O) groups is 1. The molecule has 0 spiro atoms. The predicted octanol–water partition coefficient (Wildman–Crippen LogP) is 7.50. The van der Waals surface area contributed by atoms with Crippen LogP contribution in [0.2, 0.25) is 0 Å². The highest BCUT2D eigenvalue weighted by Crippen LogP contribution is 2.33. The first kappa shape index (κ1) is 50.8. The van der Waals surface area contributed by atoms with Crippen LogP contribution in [0, 0.1) is 11.6 Å². The van der Waals surface area contributed by atoms with Crippen LogP contribution in [0.1, 0.15) is 27.3 Å². The number of pyridine rings is 2. The van der Waals surface area contributed by atoms with Gasteiger partial charge in [-0.15, -0.1) is 0 Å². The Morgan fingerprint density at radius 2 is 1.07 bits per heavy atom. The first-order valence-electron chi connectivity index (χ1n) is 20.7. The van der Waals surface area contributed by atoms with Crippen LogP contribution in [0.25, 0.3) is 0 Å². The monoisotopic (exact) mass is 968 g/mol. The molecule has 8 rings (SSSR count). The van der Waals surface area contributed by atoms with Gasteiger partial charge in [-0.2, -0.15) is 41.4 Å². The van der Waals surface area contributed by atoms with Crippen LogP contribution >= 0.6 is 0 Å². The van der Waals surface area contributed by atoms with Crippen molar-refractivity contribution < 1.29 is 49.4 Å². The Bertz CT molecular complexity index is 2630. The minimum atomic E-state index is -4.42. The van der Waals surface area contributed by atoms with Crippen molar-refractivity contribution in [3.8, 4) is 0 Å². The smallest absolute Gasteiger partial charge is 0.378 e. The molecule has 0 bridgehead atoms. The summed E-state index contributed by atoms with van der Waals surface area (Å²) in [6.07, 6.45) is -1.64. The van der Waals surface area contributed by atoms with E-state index in [1.54, 1.807) is 37.2 Å². The third-order valence-electron chi connectivity index (χ3n) is 9.67. The predicted molar refractivity (Wildman–Crippen MR) is 242 cm³/mol. The molecule has 2 aromatic carbocycles. The summed E-state index contributed by atoms with van der Waals surface area (Å²) in [5, 5.41) is 12.6. The van der Waals surface area contributed by atoms with E-state index in [1.807, 2.05) is 4.90 Å². The number of nitrogens with one attached hydrogen (secondary N) is 2. The Hall–Kier alpha value is -7.64. The molecule has 6 aromatic rings. The van der Waals surface area contributed by atoms with Gasteiger partial charge in [0.1, 0.15) is 5.69 Å². The summed E-state index contributed by atoms with van der Waals surface area (Å²) in [5.41, 5.74) is 0.906. The number of carbonyl (C=O) groups excluding carboxylic acids is 1. The molecule has 2 aliphatic rings. The molecule has 2 saturated heterocycles. The van der Waals surface area contributed by atoms with E-state index in [4.69, 9.17) is 15.3 Å². The number of hydrogen-bond donors (Lipinski definition) is 3. The number of halogens is 8. The minimum absolute atomic E-state index is 0.193. The number of morpholine rings is 2. The number of hydrogen-bond acceptors (Lipinski definition) is 17. The molecule has 0 radical (unpaired) electrons. The highest BCUT2D eigenvalue weighted by Gasteiger charge is 2.31. The second kappa shape index (κ2) is 23.4. The van der Waals surface area contributed by atoms with Crippen molar-refractivity contribution in [2.75, 3.05) is 97.2 Å². The van der Waals surface area contributed by atoms with E-state index < -0.39 is 35.1 Å². The average Bonchev–Trinajstić information content (AvgIpc) is 3.35. The summed E-state index contributed by atoms with van der Waals surface area (Å²) in [5.74, 6) is 5.53. The molecule has 0 amide bonds. The molecule has 4 aromatic heterocycles. The minimum Gasteiger partial charge on any atom is -0.378 e. The van der Waals surface area contributed by atoms with E-state index in [2.05, 4.69) is 45.6 Å². The lowest BCUT2D eigenvalue weighted by atomic mass is 10.2. The van der Waals surface area contributed by atoms with Crippen LogP contribution in [0.5, 0.6) is 0 Å². The third kappa shape index (κ3) is 14.9. The second-order valence-corrected chi connectivity index (χ2v) is 14.7. The van der Waals surface area contributed by atoms with Crippen LogP contribution in [0.15, 0.2) is 103 Å². The third-order valence-corrected chi connectivity index (χ3v) is 9.67. The van der Waals surface area contributed by atoms with Gasteiger partial charge in [0.05, 0.1) is 85.6 Å². The molecule has 6 heterocycles. The summed E-state index contributed by atoms with van der Waals surface area (Å²) in [6.45, 7) is 4.47. The van der Waals surface area contributed by atoms with Crippen molar-refractivity contribution in [1.82, 2.24) is 29.9 Å². The number of rotatable bonds is 11. The molecule has 17 nitrogen and oxygen atoms in total. The number of aromatic nitrogens is 6. The maximum atomic E-state index is 14.2. The molecule has 0 saturated carbocycles. The van der Waals surface area contributed by atoms with Crippen molar-refractivity contribution in [3.05, 3.63) is 132 Å². The first-order chi connectivity index (χ1) is 33.0. The van der Waals surface area contributed by atoms with Gasteiger partial charge < -0.3 is 29.9 Å². The molecule has 69 heavy (non-hydrogen) atoms. The zero-order valence-electron chi connectivity index (χ0n) is 36.8. The molecule has 0 aliphatic carbocycles. The van der Waals surface area contributed by atoms with E-state index in [0.717, 1.165) is 36.7 Å². The summed E-state index contributed by atoms with van der Waals surface area (Å²) in [4.78, 5) is 38.2. The molecule has 0 atom stereocenters. The van der Waals surface area contributed by atoms with Crippen LogP contribution in [-0.2, 0) is 21.8 Å². The van der Waals surface area contributed by atoms with Gasteiger partial charge >= 0.3 is 12.4 Å². The number of aldehydes is 1. The number of nitrogens with two attached hydrogens (primary N) is 1. The zero-order chi connectivity index (χ0) is 49.6. The summed E-state index contributed by atoms with van der Waals surface area (Å²) in [6, 6.07) is 16.1. The Kier molecular flexibility index (Phi) is 17.2. The zero-order valence-corrected chi connectivity index (χ0v) is 36.8.